The van der Waals surface area contributed by atoms with Crippen LogP contribution in [0.1, 0.15) is 66.8 Å². The van der Waals surface area contributed by atoms with Gasteiger partial charge in [-0.1, -0.05) is 255 Å². The Kier molecular flexibility index (Phi) is 7.75. The number of hydrogen-bond acceptors (Lipinski definition) is 0. The molecule has 0 aliphatic heterocycles. The molecule has 0 saturated carbocycles. The standard InChI is InChI=1S/C63H42/c1-5-23-43(24-6-1)61(44-25-7-2-8-26-44)53-37-19-15-33-49(53)59-55(61)39-21-41-57(59)63(51-35-17-13-31-47(51)48-32-14-18-36-52(48)63)58-42-22-40-56-60(58)50-34-16-20-38-54(50)62(56,45-27-9-3-10-28-45)46-29-11-4-12-30-46/h1-42H. The van der Waals surface area contributed by atoms with Crippen LogP contribution < -0.4 is 0 Å². The van der Waals surface area contributed by atoms with Gasteiger partial charge in [0, 0.05) is 0 Å². The van der Waals surface area contributed by atoms with Gasteiger partial charge in [-0.2, -0.15) is 0 Å². The second kappa shape index (κ2) is 13.6. The van der Waals surface area contributed by atoms with Crippen molar-refractivity contribution in [2.24, 2.45) is 0 Å². The third-order valence-electron chi connectivity index (χ3n) is 14.7. The van der Waals surface area contributed by atoms with E-state index in [0.717, 1.165) is 0 Å². The molecule has 10 aromatic carbocycles. The van der Waals surface area contributed by atoms with Crippen LogP contribution in [-0.4, -0.2) is 0 Å². The zero-order valence-electron chi connectivity index (χ0n) is 34.7. The van der Waals surface area contributed by atoms with Crippen molar-refractivity contribution in [2.45, 2.75) is 16.2 Å². The minimum atomic E-state index is -0.697. The highest BCUT2D eigenvalue weighted by Gasteiger charge is 2.55. The van der Waals surface area contributed by atoms with Crippen LogP contribution in [0.2, 0.25) is 0 Å². The smallest absolute Gasteiger partial charge is 0.0622 e. The van der Waals surface area contributed by atoms with Crippen LogP contribution in [0.25, 0.3) is 33.4 Å². The van der Waals surface area contributed by atoms with Crippen LogP contribution in [0.15, 0.2) is 255 Å². The lowest BCUT2D eigenvalue weighted by molar-refractivity contribution is 0.746. The predicted octanol–water partition coefficient (Wildman–Crippen LogP) is 14.8. The van der Waals surface area contributed by atoms with E-state index in [1.165, 1.54) is 100 Å². The zero-order valence-corrected chi connectivity index (χ0v) is 34.7. The van der Waals surface area contributed by atoms with Crippen molar-refractivity contribution in [3.8, 4) is 33.4 Å². The molecule has 0 heteroatoms. The van der Waals surface area contributed by atoms with Gasteiger partial charge >= 0.3 is 0 Å². The summed E-state index contributed by atoms with van der Waals surface area (Å²) in [5.41, 5.74) is 21.6. The number of hydrogen-bond donors (Lipinski definition) is 0. The molecule has 3 aliphatic rings. The van der Waals surface area contributed by atoms with Crippen molar-refractivity contribution in [1.29, 1.82) is 0 Å². The summed E-state index contributed by atoms with van der Waals surface area (Å²) < 4.78 is 0. The number of fused-ring (bicyclic) bond motifs is 9. The van der Waals surface area contributed by atoms with E-state index < -0.39 is 16.2 Å². The van der Waals surface area contributed by atoms with Crippen LogP contribution in [0, 0.1) is 0 Å². The summed E-state index contributed by atoms with van der Waals surface area (Å²) in [4.78, 5) is 0. The molecule has 0 heterocycles. The van der Waals surface area contributed by atoms with Gasteiger partial charge in [0.25, 0.3) is 0 Å². The molecule has 13 rings (SSSR count). The van der Waals surface area contributed by atoms with Gasteiger partial charge in [-0.3, -0.25) is 0 Å². The van der Waals surface area contributed by atoms with Gasteiger partial charge in [-0.05, 0) is 100 Å². The van der Waals surface area contributed by atoms with Crippen LogP contribution in [0.5, 0.6) is 0 Å². The van der Waals surface area contributed by atoms with Gasteiger partial charge in [0.2, 0.25) is 0 Å². The predicted molar refractivity (Wildman–Crippen MR) is 258 cm³/mol. The average molecular weight is 799 g/mol. The highest BCUT2D eigenvalue weighted by atomic mass is 14.6. The van der Waals surface area contributed by atoms with Crippen LogP contribution >= 0.6 is 0 Å². The molecule has 10 aromatic rings. The van der Waals surface area contributed by atoms with E-state index in [4.69, 9.17) is 0 Å². The van der Waals surface area contributed by atoms with Crippen molar-refractivity contribution < 1.29 is 0 Å². The molecule has 0 radical (unpaired) electrons. The van der Waals surface area contributed by atoms with Gasteiger partial charge in [-0.25, -0.2) is 0 Å². The largest absolute Gasteiger partial charge is 0.0725 e. The van der Waals surface area contributed by atoms with E-state index in [1.54, 1.807) is 0 Å². The quantitative estimate of drug-likeness (QED) is 0.157. The van der Waals surface area contributed by atoms with Gasteiger partial charge in [0.15, 0.2) is 0 Å². The highest BCUT2D eigenvalue weighted by Crippen LogP contribution is 2.66. The summed E-state index contributed by atoms with van der Waals surface area (Å²) in [7, 11) is 0. The first-order valence-electron chi connectivity index (χ1n) is 22.2. The fourth-order valence-electron chi connectivity index (χ4n) is 12.6. The minimum Gasteiger partial charge on any atom is -0.0622 e. The molecule has 294 valence electrons. The van der Waals surface area contributed by atoms with Crippen molar-refractivity contribution >= 4 is 0 Å². The van der Waals surface area contributed by atoms with Crippen LogP contribution in [0.3, 0.4) is 0 Å². The molecular weight excluding hydrogens is 757 g/mol. The summed E-state index contributed by atoms with van der Waals surface area (Å²) in [6.45, 7) is 0. The first kappa shape index (κ1) is 35.9. The van der Waals surface area contributed by atoms with Crippen molar-refractivity contribution in [3.05, 3.63) is 322 Å². The molecule has 0 unspecified atom stereocenters. The molecule has 3 aliphatic carbocycles. The molecule has 0 saturated heterocycles. The Labute approximate surface area is 369 Å². The first-order valence-corrected chi connectivity index (χ1v) is 22.2. The van der Waals surface area contributed by atoms with Gasteiger partial charge in [0.05, 0.1) is 16.2 Å². The fourth-order valence-corrected chi connectivity index (χ4v) is 12.6. The highest BCUT2D eigenvalue weighted by molar-refractivity contribution is 5.98. The van der Waals surface area contributed by atoms with E-state index in [9.17, 15) is 0 Å². The Morgan fingerprint density at radius 2 is 0.381 bits per heavy atom. The second-order valence-electron chi connectivity index (χ2n) is 17.4. The lowest BCUT2D eigenvalue weighted by Crippen LogP contribution is -2.32. The van der Waals surface area contributed by atoms with Crippen molar-refractivity contribution in [2.75, 3.05) is 0 Å². The molecule has 0 nitrogen and oxygen atoms in total. The minimum absolute atomic E-state index is 0.537. The Hall–Kier alpha value is -7.80. The fraction of sp³-hybridized carbons (Fsp3) is 0.0476. The molecule has 0 amide bonds. The van der Waals surface area contributed by atoms with Crippen molar-refractivity contribution in [1.82, 2.24) is 0 Å². The molecule has 0 fully saturated rings. The molecule has 0 atom stereocenters. The first-order chi connectivity index (χ1) is 31.3. The van der Waals surface area contributed by atoms with Crippen LogP contribution in [-0.2, 0) is 16.2 Å². The maximum absolute atomic E-state index is 2.46. The number of benzene rings is 10. The summed E-state index contributed by atoms with van der Waals surface area (Å²) in [5, 5.41) is 0. The molecule has 0 aromatic heterocycles. The Morgan fingerprint density at radius 1 is 0.159 bits per heavy atom. The van der Waals surface area contributed by atoms with E-state index in [2.05, 4.69) is 255 Å². The molecule has 0 spiro atoms. The maximum atomic E-state index is 2.46. The van der Waals surface area contributed by atoms with E-state index in [0.29, 0.717) is 0 Å². The SMILES string of the molecule is c1ccc(C2(c3ccccc3)c3ccccc3-c3c2cccc3C2(c3cccc4c3-c3ccccc3C4(c3ccccc3)c3ccccc3)c3ccccc3-c3ccccc32)cc1. The van der Waals surface area contributed by atoms with Gasteiger partial charge < -0.3 is 0 Å². The van der Waals surface area contributed by atoms with Crippen molar-refractivity contribution in [3.63, 3.8) is 0 Å². The lowest BCUT2D eigenvalue weighted by Gasteiger charge is -2.39. The summed E-state index contributed by atoms with van der Waals surface area (Å²) >= 11 is 0. The lowest BCUT2D eigenvalue weighted by atomic mass is 9.62. The molecule has 0 bridgehead atoms. The Morgan fingerprint density at radius 3 is 0.698 bits per heavy atom. The molecule has 63 heavy (non-hydrogen) atoms. The third-order valence-corrected chi connectivity index (χ3v) is 14.7. The van der Waals surface area contributed by atoms with Gasteiger partial charge in [-0.15, -0.1) is 0 Å². The van der Waals surface area contributed by atoms with Crippen LogP contribution in [0.4, 0.5) is 0 Å². The van der Waals surface area contributed by atoms with E-state index in [-0.39, 0.29) is 0 Å². The topological polar surface area (TPSA) is 0 Å². The molecule has 0 N–H and O–H groups in total. The maximum Gasteiger partial charge on any atom is 0.0725 e. The number of rotatable bonds is 6. The zero-order chi connectivity index (χ0) is 41.6. The van der Waals surface area contributed by atoms with E-state index >= 15 is 0 Å². The second-order valence-corrected chi connectivity index (χ2v) is 17.4. The summed E-state index contributed by atoms with van der Waals surface area (Å²) in [6.07, 6.45) is 0. The molecular formula is C63H42. The summed E-state index contributed by atoms with van der Waals surface area (Å²) in [5.74, 6) is 0. The average Bonchev–Trinajstić information content (AvgIpc) is 3.97. The Balaban J connectivity index is 1.23. The normalized spacial score (nSPS) is 15.0. The van der Waals surface area contributed by atoms with E-state index in [1.807, 2.05) is 0 Å². The third kappa shape index (κ3) is 4.55. The monoisotopic (exact) mass is 798 g/mol. The summed E-state index contributed by atoms with van der Waals surface area (Å²) in [6, 6.07) is 96.2. The Bertz CT molecular complexity index is 3070. The van der Waals surface area contributed by atoms with Gasteiger partial charge in [0.1, 0.15) is 0 Å².